The fourth-order valence-electron chi connectivity index (χ4n) is 3.24. The average molecular weight is 333 g/mol. The Kier molecular flexibility index (Phi) is 3.90. The van der Waals surface area contributed by atoms with Crippen LogP contribution in [0.15, 0.2) is 54.6 Å². The molecule has 4 rings (SSSR count). The number of hydrogen-bond acceptors (Lipinski definition) is 5. The van der Waals surface area contributed by atoms with Crippen LogP contribution in [0.3, 0.4) is 0 Å². The van der Waals surface area contributed by atoms with Crippen molar-refractivity contribution in [3.8, 4) is 0 Å². The Morgan fingerprint density at radius 3 is 2.08 bits per heavy atom. The summed E-state index contributed by atoms with van der Waals surface area (Å²) in [6.45, 7) is 0.105. The first-order chi connectivity index (χ1) is 12.1. The summed E-state index contributed by atoms with van der Waals surface area (Å²) in [5.41, 5.74) is 0.681. The summed E-state index contributed by atoms with van der Waals surface area (Å²) < 4.78 is 10.9. The van der Waals surface area contributed by atoms with Gasteiger partial charge >= 0.3 is 19.1 Å². The second-order valence-electron chi connectivity index (χ2n) is 6.22. The Balaban J connectivity index is 1.89. The van der Waals surface area contributed by atoms with Crippen LogP contribution >= 0.6 is 0 Å². The number of carbonyl (C=O) groups excluding carboxylic acids is 2. The van der Waals surface area contributed by atoms with E-state index in [-0.39, 0.29) is 13.1 Å². The van der Waals surface area contributed by atoms with Gasteiger partial charge in [0.25, 0.3) is 0 Å². The molecule has 1 fully saturated rings. The van der Waals surface area contributed by atoms with Gasteiger partial charge in [-0.15, -0.1) is 0 Å². The number of nitrogens with zero attached hydrogens (tertiary/aromatic N) is 1. The van der Waals surface area contributed by atoms with E-state index in [9.17, 15) is 9.59 Å². The lowest BCUT2D eigenvalue weighted by Crippen LogP contribution is -2.48. The van der Waals surface area contributed by atoms with Crippen molar-refractivity contribution in [2.45, 2.75) is 0 Å². The molecule has 1 heterocycles. The zero-order chi connectivity index (χ0) is 17.4. The predicted octanol–water partition coefficient (Wildman–Crippen LogP) is 1.72. The van der Waals surface area contributed by atoms with Crippen LogP contribution in [0.25, 0.3) is 21.5 Å². The first-order valence-electron chi connectivity index (χ1n) is 8.10. The van der Waals surface area contributed by atoms with Gasteiger partial charge in [-0.3, -0.25) is 14.5 Å². The molecule has 3 aromatic rings. The first-order valence-corrected chi connectivity index (χ1v) is 8.10. The molecular weight excluding hydrogens is 317 g/mol. The summed E-state index contributed by atoms with van der Waals surface area (Å²) in [5, 5.41) is 4.04. The standard InChI is InChI=1S/C19H16BNO4/c1-21-11-18(22)24-20(25-19(23)12-21)17-10-13-6-2-3-7-14(13)15-8-4-5-9-16(15)17/h2-10H,11-12H2,1H3. The minimum absolute atomic E-state index is 0.0527. The van der Waals surface area contributed by atoms with Crippen molar-refractivity contribution in [3.05, 3.63) is 54.6 Å². The number of likely N-dealkylation sites (N-methyl/N-ethyl adjacent to an activating group) is 1. The minimum atomic E-state index is -1.04. The van der Waals surface area contributed by atoms with E-state index in [2.05, 4.69) is 0 Å². The third-order valence-corrected chi connectivity index (χ3v) is 4.33. The van der Waals surface area contributed by atoms with E-state index in [0.29, 0.717) is 5.46 Å². The van der Waals surface area contributed by atoms with Crippen LogP contribution in [0.4, 0.5) is 0 Å². The number of rotatable bonds is 1. The van der Waals surface area contributed by atoms with Gasteiger partial charge in [-0.25, -0.2) is 0 Å². The number of benzene rings is 3. The molecule has 3 aromatic carbocycles. The molecule has 0 unspecified atom stereocenters. The van der Waals surface area contributed by atoms with Crippen molar-refractivity contribution in [1.82, 2.24) is 4.90 Å². The van der Waals surface area contributed by atoms with Crippen molar-refractivity contribution < 1.29 is 18.9 Å². The smallest absolute Gasteiger partial charge is 0.494 e. The van der Waals surface area contributed by atoms with E-state index in [0.717, 1.165) is 21.5 Å². The Hall–Kier alpha value is -2.86. The molecule has 0 spiro atoms. The predicted molar refractivity (Wildman–Crippen MR) is 96.5 cm³/mol. The SMILES string of the molecule is CN1CC(=O)OB(c2cc3ccccc3c3ccccc23)OC(=O)C1. The molecule has 1 aliphatic rings. The van der Waals surface area contributed by atoms with Gasteiger partial charge in [0.05, 0.1) is 13.1 Å². The van der Waals surface area contributed by atoms with Gasteiger partial charge in [-0.2, -0.15) is 0 Å². The van der Waals surface area contributed by atoms with Crippen molar-refractivity contribution in [2.24, 2.45) is 0 Å². The number of carbonyl (C=O) groups is 2. The van der Waals surface area contributed by atoms with E-state index < -0.39 is 19.1 Å². The van der Waals surface area contributed by atoms with Crippen LogP contribution in [0.5, 0.6) is 0 Å². The highest BCUT2D eigenvalue weighted by Gasteiger charge is 2.35. The normalized spacial score (nSPS) is 16.4. The van der Waals surface area contributed by atoms with Crippen LogP contribution in [0.2, 0.25) is 0 Å². The number of fused-ring (bicyclic) bond motifs is 3. The molecule has 0 aromatic heterocycles. The zero-order valence-corrected chi connectivity index (χ0v) is 13.8. The molecule has 0 atom stereocenters. The van der Waals surface area contributed by atoms with Gasteiger partial charge in [-0.1, -0.05) is 54.6 Å². The van der Waals surface area contributed by atoms with E-state index in [1.165, 1.54) is 0 Å². The maximum absolute atomic E-state index is 12.1. The molecule has 5 nitrogen and oxygen atoms in total. The third kappa shape index (κ3) is 2.96. The highest BCUT2D eigenvalue weighted by molar-refractivity contribution is 6.67. The molecular formula is C19H16BNO4. The lowest BCUT2D eigenvalue weighted by Gasteiger charge is -2.23. The van der Waals surface area contributed by atoms with Gasteiger partial charge in [0.2, 0.25) is 0 Å². The molecule has 0 radical (unpaired) electrons. The first kappa shape index (κ1) is 15.7. The van der Waals surface area contributed by atoms with E-state index in [1.807, 2.05) is 54.6 Å². The average Bonchev–Trinajstić information content (AvgIpc) is 2.59. The third-order valence-electron chi connectivity index (χ3n) is 4.33. The summed E-state index contributed by atoms with van der Waals surface area (Å²) >= 11 is 0. The van der Waals surface area contributed by atoms with E-state index >= 15 is 0 Å². The van der Waals surface area contributed by atoms with Crippen molar-refractivity contribution in [3.63, 3.8) is 0 Å². The summed E-state index contributed by atoms with van der Waals surface area (Å²) in [5.74, 6) is -0.838. The summed E-state index contributed by atoms with van der Waals surface area (Å²) in [6.07, 6.45) is 0. The molecule has 0 aliphatic carbocycles. The van der Waals surface area contributed by atoms with Gasteiger partial charge in [0, 0.05) is 5.46 Å². The lowest BCUT2D eigenvalue weighted by atomic mass is 9.74. The zero-order valence-electron chi connectivity index (χ0n) is 13.8. The van der Waals surface area contributed by atoms with Crippen molar-refractivity contribution in [2.75, 3.05) is 20.1 Å². The van der Waals surface area contributed by atoms with Gasteiger partial charge in [0.15, 0.2) is 0 Å². The molecule has 25 heavy (non-hydrogen) atoms. The van der Waals surface area contributed by atoms with E-state index in [4.69, 9.17) is 9.31 Å². The van der Waals surface area contributed by atoms with Gasteiger partial charge in [-0.05, 0) is 28.6 Å². The largest absolute Gasteiger partial charge is 0.637 e. The topological polar surface area (TPSA) is 55.8 Å². The molecule has 0 amide bonds. The Bertz CT molecular complexity index is 967. The minimum Gasteiger partial charge on any atom is -0.494 e. The summed E-state index contributed by atoms with van der Waals surface area (Å²) in [7, 11) is 0.636. The maximum Gasteiger partial charge on any atom is 0.637 e. The summed E-state index contributed by atoms with van der Waals surface area (Å²) in [6, 6.07) is 17.7. The van der Waals surface area contributed by atoms with Crippen molar-refractivity contribution in [1.29, 1.82) is 0 Å². The molecule has 6 heteroatoms. The van der Waals surface area contributed by atoms with Crippen LogP contribution in [-0.4, -0.2) is 44.1 Å². The fourth-order valence-corrected chi connectivity index (χ4v) is 3.24. The molecule has 1 saturated heterocycles. The Labute approximate surface area is 145 Å². The molecule has 124 valence electrons. The maximum atomic E-state index is 12.1. The molecule has 0 saturated carbocycles. The molecule has 0 N–H and O–H groups in total. The van der Waals surface area contributed by atoms with Crippen LogP contribution in [0.1, 0.15) is 0 Å². The number of hydrogen-bond donors (Lipinski definition) is 0. The van der Waals surface area contributed by atoms with Gasteiger partial charge < -0.3 is 9.31 Å². The van der Waals surface area contributed by atoms with Crippen molar-refractivity contribution >= 4 is 46.1 Å². The summed E-state index contributed by atoms with van der Waals surface area (Å²) in [4.78, 5) is 25.7. The van der Waals surface area contributed by atoms with Crippen LogP contribution in [-0.2, 0) is 18.9 Å². The van der Waals surface area contributed by atoms with E-state index in [1.54, 1.807) is 11.9 Å². The lowest BCUT2D eigenvalue weighted by molar-refractivity contribution is -0.145. The second-order valence-corrected chi connectivity index (χ2v) is 6.22. The second kappa shape index (κ2) is 6.22. The Morgan fingerprint density at radius 1 is 0.840 bits per heavy atom. The highest BCUT2D eigenvalue weighted by Crippen LogP contribution is 2.24. The molecule has 0 bridgehead atoms. The molecule has 1 aliphatic heterocycles. The highest BCUT2D eigenvalue weighted by atomic mass is 16.6. The monoisotopic (exact) mass is 333 g/mol. The quantitative estimate of drug-likeness (QED) is 0.501. The van der Waals surface area contributed by atoms with Crippen LogP contribution < -0.4 is 5.46 Å². The van der Waals surface area contributed by atoms with Gasteiger partial charge in [0.1, 0.15) is 0 Å². The van der Waals surface area contributed by atoms with Crippen LogP contribution in [0, 0.1) is 0 Å². The fraction of sp³-hybridized carbons (Fsp3) is 0.158. The Morgan fingerprint density at radius 2 is 1.40 bits per heavy atom.